The molecule has 0 aromatic rings. The van der Waals surface area contributed by atoms with Gasteiger partial charge in [0, 0.05) is 6.42 Å². The molecule has 0 unspecified atom stereocenters. The van der Waals surface area contributed by atoms with Crippen LogP contribution in [0.3, 0.4) is 0 Å². The molecule has 132 valence electrons. The predicted molar refractivity (Wildman–Crippen MR) is 106 cm³/mol. The van der Waals surface area contributed by atoms with E-state index in [1.165, 1.54) is 32.1 Å². The zero-order chi connectivity index (χ0) is 17.6. The minimum Gasteiger partial charge on any atom is -0.404 e. The molecule has 24 heavy (non-hydrogen) atoms. The van der Waals surface area contributed by atoms with Crippen LogP contribution in [0.1, 0.15) is 38.5 Å². The van der Waals surface area contributed by atoms with Crippen LogP contribution in [-0.2, 0) is 8.85 Å². The van der Waals surface area contributed by atoms with Gasteiger partial charge in [-0.25, -0.2) is 0 Å². The number of hydrogen-bond acceptors (Lipinski definition) is 2. The van der Waals surface area contributed by atoms with Gasteiger partial charge in [0.25, 0.3) is 0 Å². The van der Waals surface area contributed by atoms with Gasteiger partial charge in [0.2, 0.25) is 16.6 Å². The van der Waals surface area contributed by atoms with Crippen LogP contribution in [0.4, 0.5) is 0 Å². The molecule has 4 rings (SSSR count). The van der Waals surface area contributed by atoms with Gasteiger partial charge in [-0.05, 0) is 57.0 Å². The number of hydrogen-bond donors (Lipinski definition) is 0. The van der Waals surface area contributed by atoms with E-state index in [2.05, 4.69) is 39.4 Å². The molecule has 0 aromatic carbocycles. The smallest absolute Gasteiger partial charge is 0.238 e. The van der Waals surface area contributed by atoms with Crippen LogP contribution >= 0.6 is 0 Å². The van der Waals surface area contributed by atoms with Gasteiger partial charge < -0.3 is 8.85 Å². The van der Waals surface area contributed by atoms with Crippen molar-refractivity contribution in [3.8, 4) is 0 Å². The third-order valence-electron chi connectivity index (χ3n) is 6.45. The van der Waals surface area contributed by atoms with Crippen molar-refractivity contribution in [1.29, 1.82) is 0 Å². The van der Waals surface area contributed by atoms with Crippen LogP contribution in [0.5, 0.6) is 0 Å². The second-order valence-corrected chi connectivity index (χ2v) is 15.5. The third-order valence-corrected chi connectivity index (χ3v) is 11.4. The largest absolute Gasteiger partial charge is 0.404 e. The summed E-state index contributed by atoms with van der Waals surface area (Å²) in [7, 11) is -4.10. The highest BCUT2D eigenvalue weighted by Crippen LogP contribution is 2.61. The minimum absolute atomic E-state index is 0.0366. The second kappa shape index (κ2) is 5.94. The lowest BCUT2D eigenvalue weighted by Crippen LogP contribution is -2.64. The molecule has 0 amide bonds. The van der Waals surface area contributed by atoms with E-state index < -0.39 is 16.6 Å². The van der Waals surface area contributed by atoms with E-state index in [4.69, 9.17) is 8.85 Å². The molecule has 0 aliphatic heterocycles. The van der Waals surface area contributed by atoms with Crippen LogP contribution in [0.25, 0.3) is 0 Å². The summed E-state index contributed by atoms with van der Waals surface area (Å²) in [6, 6.07) is 0. The van der Waals surface area contributed by atoms with E-state index in [0.717, 1.165) is 18.3 Å². The molecule has 2 nitrogen and oxygen atoms in total. The summed E-state index contributed by atoms with van der Waals surface area (Å²) in [4.78, 5) is 0. The maximum Gasteiger partial charge on any atom is 0.238 e. The molecule has 0 atom stereocenters. The summed E-state index contributed by atoms with van der Waals surface area (Å²) in [5.41, 5.74) is 7.98. The SMILES string of the molecule is C=C[Si](C)(C=C)OC12CC3CC(C1)CC(O[Si](C)(C=C)C=C)(C3)C2. The fraction of sp³-hybridized carbons (Fsp3) is 0.600. The summed E-state index contributed by atoms with van der Waals surface area (Å²) in [6.07, 6.45) is 7.08. The van der Waals surface area contributed by atoms with Crippen molar-refractivity contribution in [2.75, 3.05) is 0 Å². The van der Waals surface area contributed by atoms with E-state index in [9.17, 15) is 0 Å². The lowest BCUT2D eigenvalue weighted by molar-refractivity contribution is -0.182. The molecule has 0 radical (unpaired) electrons. The Morgan fingerprint density at radius 2 is 1.08 bits per heavy atom. The minimum atomic E-state index is -2.05. The summed E-state index contributed by atoms with van der Waals surface area (Å²) >= 11 is 0. The molecule has 0 N–H and O–H groups in total. The van der Waals surface area contributed by atoms with Crippen molar-refractivity contribution < 1.29 is 8.85 Å². The molecule has 4 saturated carbocycles. The Balaban J connectivity index is 1.90. The molecule has 0 heterocycles. The van der Waals surface area contributed by atoms with Crippen LogP contribution < -0.4 is 0 Å². The molecule has 0 spiro atoms. The van der Waals surface area contributed by atoms with Crippen molar-refractivity contribution >= 4 is 16.6 Å². The highest BCUT2D eigenvalue weighted by Gasteiger charge is 2.61. The van der Waals surface area contributed by atoms with E-state index >= 15 is 0 Å². The standard InChI is InChI=1S/C20H32O2Si2/c1-7-23(5,8-2)21-19-12-17-11-18(13-19)15-20(14-17,16-19)22-24(6,9-3)10-4/h7-10,17-18H,1-4,11-16H2,5-6H3. The Labute approximate surface area is 149 Å². The summed E-state index contributed by atoms with van der Waals surface area (Å²) in [5, 5.41) is 0. The van der Waals surface area contributed by atoms with Gasteiger partial charge in [-0.15, -0.1) is 26.3 Å². The van der Waals surface area contributed by atoms with Crippen molar-refractivity contribution in [1.82, 2.24) is 0 Å². The number of rotatable bonds is 8. The topological polar surface area (TPSA) is 18.5 Å². The Morgan fingerprint density at radius 1 is 0.750 bits per heavy atom. The molecule has 4 fully saturated rings. The van der Waals surface area contributed by atoms with Gasteiger partial charge in [0.05, 0.1) is 11.2 Å². The van der Waals surface area contributed by atoms with Gasteiger partial charge in [-0.3, -0.25) is 0 Å². The molecule has 0 aromatic heterocycles. The average Bonchev–Trinajstić information content (AvgIpc) is 2.52. The van der Waals surface area contributed by atoms with Gasteiger partial charge >= 0.3 is 0 Å². The highest BCUT2D eigenvalue weighted by atomic mass is 28.4. The van der Waals surface area contributed by atoms with Crippen LogP contribution in [-0.4, -0.2) is 27.8 Å². The van der Waals surface area contributed by atoms with Gasteiger partial charge in [-0.2, -0.15) is 0 Å². The quantitative estimate of drug-likeness (QED) is 0.556. The second-order valence-electron chi connectivity index (χ2n) is 8.72. The fourth-order valence-electron chi connectivity index (χ4n) is 5.60. The Morgan fingerprint density at radius 3 is 1.38 bits per heavy atom. The first-order valence-electron chi connectivity index (χ1n) is 9.18. The maximum atomic E-state index is 6.83. The van der Waals surface area contributed by atoms with Crippen LogP contribution in [0, 0.1) is 11.8 Å². The normalized spacial score (nSPS) is 37.9. The lowest BCUT2D eigenvalue weighted by atomic mass is 9.52. The summed E-state index contributed by atoms with van der Waals surface area (Å²) < 4.78 is 13.7. The molecule has 0 saturated heterocycles. The first-order valence-corrected chi connectivity index (χ1v) is 14.3. The summed E-state index contributed by atoms with van der Waals surface area (Å²) in [5.74, 6) is 1.46. The van der Waals surface area contributed by atoms with Gasteiger partial charge in [0.1, 0.15) is 0 Å². The average molecular weight is 361 g/mol. The first-order chi connectivity index (χ1) is 11.2. The van der Waals surface area contributed by atoms with Gasteiger partial charge in [0.15, 0.2) is 0 Å². The van der Waals surface area contributed by atoms with E-state index in [0.29, 0.717) is 0 Å². The van der Waals surface area contributed by atoms with Crippen LogP contribution in [0.2, 0.25) is 13.1 Å². The molecule has 4 aliphatic carbocycles. The zero-order valence-electron chi connectivity index (χ0n) is 15.4. The fourth-order valence-corrected chi connectivity index (χ4v) is 8.61. The third kappa shape index (κ3) is 3.09. The molecule has 4 bridgehead atoms. The van der Waals surface area contributed by atoms with Crippen LogP contribution in [0.15, 0.2) is 49.1 Å². The Bertz CT molecular complexity index is 492. The van der Waals surface area contributed by atoms with Crippen molar-refractivity contribution in [2.24, 2.45) is 11.8 Å². The predicted octanol–water partition coefficient (Wildman–Crippen LogP) is 5.16. The first kappa shape index (κ1) is 18.1. The molecular formula is C20H32O2Si2. The van der Waals surface area contributed by atoms with Crippen molar-refractivity contribution in [2.45, 2.75) is 62.8 Å². The highest BCUT2D eigenvalue weighted by molar-refractivity contribution is 6.82. The Kier molecular flexibility index (Phi) is 4.48. The van der Waals surface area contributed by atoms with Gasteiger partial charge in [-0.1, -0.05) is 22.8 Å². The summed E-state index contributed by atoms with van der Waals surface area (Å²) in [6.45, 7) is 20.5. The van der Waals surface area contributed by atoms with Crippen molar-refractivity contribution in [3.63, 3.8) is 0 Å². The molecule has 4 aliphatic rings. The van der Waals surface area contributed by atoms with Crippen molar-refractivity contribution in [3.05, 3.63) is 49.1 Å². The zero-order valence-corrected chi connectivity index (χ0v) is 17.4. The molecular weight excluding hydrogens is 328 g/mol. The van der Waals surface area contributed by atoms with E-state index in [1.54, 1.807) is 0 Å². The Hall–Kier alpha value is -0.686. The van der Waals surface area contributed by atoms with E-state index in [-0.39, 0.29) is 11.2 Å². The molecule has 4 heteroatoms. The van der Waals surface area contributed by atoms with E-state index in [1.807, 2.05) is 22.8 Å². The lowest BCUT2D eigenvalue weighted by Gasteiger charge is -2.63. The monoisotopic (exact) mass is 360 g/mol. The maximum absolute atomic E-state index is 6.83.